The molecule has 3 atom stereocenters. The van der Waals surface area contributed by atoms with Crippen LogP contribution in [0.4, 0.5) is 11.4 Å². The van der Waals surface area contributed by atoms with Crippen LogP contribution in [0.25, 0.3) is 0 Å². The van der Waals surface area contributed by atoms with Crippen LogP contribution in [0.2, 0.25) is 0 Å². The molecule has 1 saturated carbocycles. The number of hydrogen-bond acceptors (Lipinski definition) is 8. The van der Waals surface area contributed by atoms with E-state index in [-0.39, 0.29) is 11.6 Å². The quantitative estimate of drug-likeness (QED) is 0.231. The Kier molecular flexibility index (Phi) is 8.49. The maximum atomic E-state index is 11.6. The summed E-state index contributed by atoms with van der Waals surface area (Å²) < 4.78 is 12.2. The van der Waals surface area contributed by atoms with Gasteiger partial charge in [0.15, 0.2) is 0 Å². The Morgan fingerprint density at radius 1 is 0.981 bits per heavy atom. The van der Waals surface area contributed by atoms with E-state index in [1.54, 1.807) is 13.2 Å². The van der Waals surface area contributed by atoms with Crippen molar-refractivity contribution in [1.82, 2.24) is 9.88 Å². The highest BCUT2D eigenvalue weighted by molar-refractivity contribution is 5.91. The zero-order valence-electron chi connectivity index (χ0n) is 30.0. The molecule has 0 radical (unpaired) electrons. The number of amides is 1. The summed E-state index contributed by atoms with van der Waals surface area (Å²) in [4.78, 5) is 23.5. The largest absolute Gasteiger partial charge is 0.508 e. The molecule has 5 aliphatic rings. The zero-order chi connectivity index (χ0) is 35.4. The Bertz CT molecular complexity index is 1950. The molecule has 3 aromatic carbocycles. The lowest BCUT2D eigenvalue weighted by Crippen LogP contribution is -2.59. The fraction of sp³-hybridized carbons (Fsp3) is 0.442. The molecular formula is C43H49N5O4. The lowest BCUT2D eigenvalue weighted by molar-refractivity contribution is 0.00293. The smallest absolute Gasteiger partial charge is 0.267 e. The fourth-order valence-electron chi connectivity index (χ4n) is 10.3. The van der Waals surface area contributed by atoms with Crippen LogP contribution in [0.1, 0.15) is 76.7 Å². The van der Waals surface area contributed by atoms with E-state index in [1.807, 2.05) is 18.2 Å². The number of anilines is 2. The molecule has 1 aromatic heterocycles. The number of piperidine rings is 1. The summed E-state index contributed by atoms with van der Waals surface area (Å²) in [5.41, 5.74) is 13.5. The normalized spacial score (nSPS) is 23.9. The summed E-state index contributed by atoms with van der Waals surface area (Å²) in [7, 11) is 1.80. The second kappa shape index (κ2) is 13.3. The number of hydrogen-bond donors (Lipinski definition) is 2. The molecule has 4 heterocycles. The minimum absolute atomic E-state index is 0.158. The van der Waals surface area contributed by atoms with E-state index in [0.717, 1.165) is 69.5 Å². The molecule has 1 spiro atoms. The second-order valence-electron chi connectivity index (χ2n) is 15.9. The van der Waals surface area contributed by atoms with E-state index in [4.69, 9.17) is 15.2 Å². The van der Waals surface area contributed by atoms with Gasteiger partial charge in [0.1, 0.15) is 29.5 Å². The van der Waals surface area contributed by atoms with Gasteiger partial charge in [-0.3, -0.25) is 9.69 Å². The van der Waals surface area contributed by atoms with Gasteiger partial charge in [0.2, 0.25) is 5.88 Å². The van der Waals surface area contributed by atoms with Gasteiger partial charge in [-0.25, -0.2) is 4.98 Å². The van der Waals surface area contributed by atoms with Crippen LogP contribution in [-0.2, 0) is 6.42 Å². The molecule has 2 aliphatic carbocycles. The standard InChI is InChI=1S/C43H49N5O4/c1-51-39-22-31(8-11-36(39)40-34(29-5-3-2-4-6-29)10-7-30-21-33(49)9-12-35(30)40)47-17-15-43(16-18-47)23-28(24-43)25-46-19-20-48-32(26-46)27-52-42-38(48)14-13-37(45-42)41(44)50/h2-6,8-9,11-14,21-22,28,32,34,40,49H,7,10,15-20,23-27H2,1H3,(H2,44,50)/t32-,34-,40+/m1/s1. The highest BCUT2D eigenvalue weighted by atomic mass is 16.5. The van der Waals surface area contributed by atoms with Crippen molar-refractivity contribution >= 4 is 17.3 Å². The average molecular weight is 700 g/mol. The molecule has 2 saturated heterocycles. The van der Waals surface area contributed by atoms with Gasteiger partial charge >= 0.3 is 0 Å². The number of nitrogens with zero attached hydrogens (tertiary/aromatic N) is 4. The highest BCUT2D eigenvalue weighted by Gasteiger charge is 2.47. The second-order valence-corrected chi connectivity index (χ2v) is 15.9. The maximum absolute atomic E-state index is 11.6. The number of benzene rings is 3. The fourth-order valence-corrected chi connectivity index (χ4v) is 10.3. The van der Waals surface area contributed by atoms with Crippen molar-refractivity contribution in [2.45, 2.75) is 56.4 Å². The van der Waals surface area contributed by atoms with Crippen molar-refractivity contribution in [1.29, 1.82) is 0 Å². The van der Waals surface area contributed by atoms with Gasteiger partial charge in [-0.1, -0.05) is 42.5 Å². The van der Waals surface area contributed by atoms with E-state index in [0.29, 0.717) is 35.6 Å². The number of aromatic hydroxyl groups is 1. The van der Waals surface area contributed by atoms with Crippen LogP contribution in [0.5, 0.6) is 17.4 Å². The van der Waals surface area contributed by atoms with E-state index in [2.05, 4.69) is 74.3 Å². The first kappa shape index (κ1) is 33.1. The van der Waals surface area contributed by atoms with Gasteiger partial charge in [-0.15, -0.1) is 0 Å². The van der Waals surface area contributed by atoms with Gasteiger partial charge in [0.25, 0.3) is 5.91 Å². The number of carbonyl (C=O) groups excluding carboxylic acids is 1. The van der Waals surface area contributed by atoms with Crippen molar-refractivity contribution in [3.05, 3.63) is 107 Å². The van der Waals surface area contributed by atoms with Gasteiger partial charge in [-0.05, 0) is 103 Å². The Balaban J connectivity index is 0.829. The molecule has 3 aliphatic heterocycles. The molecule has 3 fully saturated rings. The first-order chi connectivity index (χ1) is 25.4. The lowest BCUT2D eigenvalue weighted by atomic mass is 9.57. The van der Waals surface area contributed by atoms with E-state index in [1.165, 1.54) is 53.6 Å². The van der Waals surface area contributed by atoms with Crippen LogP contribution in [0.3, 0.4) is 0 Å². The third-order valence-corrected chi connectivity index (χ3v) is 12.9. The molecule has 9 heteroatoms. The molecule has 270 valence electrons. The van der Waals surface area contributed by atoms with Crippen LogP contribution >= 0.6 is 0 Å². The minimum Gasteiger partial charge on any atom is -0.508 e. The van der Waals surface area contributed by atoms with E-state index in [9.17, 15) is 9.90 Å². The van der Waals surface area contributed by atoms with Crippen molar-refractivity contribution < 1.29 is 19.4 Å². The Morgan fingerprint density at radius 3 is 2.58 bits per heavy atom. The predicted molar refractivity (Wildman–Crippen MR) is 203 cm³/mol. The number of nitrogens with two attached hydrogens (primary N) is 1. The summed E-state index contributed by atoms with van der Waals surface area (Å²) in [6.45, 7) is 6.87. The topological polar surface area (TPSA) is 104 Å². The number of aromatic nitrogens is 1. The number of aryl methyl sites for hydroxylation is 1. The number of ether oxygens (including phenoxy) is 2. The number of methoxy groups -OCH3 is 1. The Labute approximate surface area is 306 Å². The molecule has 9 rings (SSSR count). The summed E-state index contributed by atoms with van der Waals surface area (Å²) >= 11 is 0. The average Bonchev–Trinajstić information content (AvgIpc) is 3.16. The van der Waals surface area contributed by atoms with Gasteiger partial charge in [-0.2, -0.15) is 0 Å². The van der Waals surface area contributed by atoms with E-state index < -0.39 is 5.91 Å². The van der Waals surface area contributed by atoms with Crippen LogP contribution < -0.4 is 25.0 Å². The van der Waals surface area contributed by atoms with Crippen molar-refractivity contribution in [3.63, 3.8) is 0 Å². The summed E-state index contributed by atoms with van der Waals surface area (Å²) in [5.74, 6) is 2.54. The van der Waals surface area contributed by atoms with Gasteiger partial charge < -0.3 is 30.1 Å². The maximum Gasteiger partial charge on any atom is 0.267 e. The number of carbonyl (C=O) groups is 1. The molecule has 1 amide bonds. The molecule has 0 unspecified atom stereocenters. The van der Waals surface area contributed by atoms with Crippen molar-refractivity contribution in [2.24, 2.45) is 17.1 Å². The Morgan fingerprint density at radius 2 is 1.79 bits per heavy atom. The monoisotopic (exact) mass is 699 g/mol. The van der Waals surface area contributed by atoms with Crippen LogP contribution in [-0.4, -0.2) is 79.9 Å². The molecule has 0 bridgehead atoms. The zero-order valence-corrected chi connectivity index (χ0v) is 30.0. The van der Waals surface area contributed by atoms with Crippen molar-refractivity contribution in [3.8, 4) is 17.4 Å². The molecule has 52 heavy (non-hydrogen) atoms. The van der Waals surface area contributed by atoms with Crippen molar-refractivity contribution in [2.75, 3.05) is 62.8 Å². The molecule has 3 N–H and O–H groups in total. The number of phenolic OH excluding ortho intramolecular Hbond substituents is 1. The summed E-state index contributed by atoms with van der Waals surface area (Å²) in [6, 6.07) is 27.6. The highest BCUT2D eigenvalue weighted by Crippen LogP contribution is 2.54. The first-order valence-electron chi connectivity index (χ1n) is 19.1. The third kappa shape index (κ3) is 6.02. The number of primary amides is 1. The van der Waals surface area contributed by atoms with E-state index >= 15 is 0 Å². The number of phenols is 1. The predicted octanol–water partition coefficient (Wildman–Crippen LogP) is 6.34. The van der Waals surface area contributed by atoms with Gasteiger partial charge in [0, 0.05) is 62.5 Å². The molecular weight excluding hydrogens is 651 g/mol. The molecule has 9 nitrogen and oxygen atoms in total. The van der Waals surface area contributed by atoms with Crippen LogP contribution in [0.15, 0.2) is 78.9 Å². The van der Waals surface area contributed by atoms with Gasteiger partial charge in [0.05, 0.1) is 13.2 Å². The lowest BCUT2D eigenvalue weighted by Gasteiger charge is -2.54. The summed E-state index contributed by atoms with van der Waals surface area (Å²) in [6.07, 6.45) is 7.12. The number of rotatable bonds is 7. The Hall–Kier alpha value is -4.76. The first-order valence-corrected chi connectivity index (χ1v) is 19.1. The number of piperazine rings is 1. The third-order valence-electron chi connectivity index (χ3n) is 12.9. The van der Waals surface area contributed by atoms with Crippen LogP contribution in [0, 0.1) is 11.3 Å². The molecule has 4 aromatic rings. The number of pyridine rings is 1. The SMILES string of the molecule is COc1cc(N2CCC3(CC2)CC(CN2CCN4c5ccc(C(N)=O)nc5OC[C@H]4C2)C3)ccc1[C@@H]1c2ccc(O)cc2CC[C@@H]1c1ccccc1. The summed E-state index contributed by atoms with van der Waals surface area (Å²) in [5, 5.41) is 10.3. The number of fused-ring (bicyclic) bond motifs is 4. The minimum atomic E-state index is -0.529.